The van der Waals surface area contributed by atoms with Crippen molar-refractivity contribution in [3.63, 3.8) is 0 Å². The summed E-state index contributed by atoms with van der Waals surface area (Å²) in [6.45, 7) is 7.90. The molecule has 0 spiro atoms. The van der Waals surface area contributed by atoms with Gasteiger partial charge in [-0.05, 0) is 56.7 Å². The summed E-state index contributed by atoms with van der Waals surface area (Å²) in [6.07, 6.45) is 1.58. The molecule has 1 aliphatic rings. The summed E-state index contributed by atoms with van der Waals surface area (Å²) in [4.78, 5) is 28.5. The number of nitrogens with zero attached hydrogens (tertiary/aromatic N) is 2. The highest BCUT2D eigenvalue weighted by atomic mass is 16.5. The summed E-state index contributed by atoms with van der Waals surface area (Å²) >= 11 is 0. The molecule has 0 saturated carbocycles. The van der Waals surface area contributed by atoms with Gasteiger partial charge in [0.1, 0.15) is 5.75 Å². The van der Waals surface area contributed by atoms with Gasteiger partial charge in [0, 0.05) is 31.7 Å². The Morgan fingerprint density at radius 1 is 1.04 bits per heavy atom. The smallest absolute Gasteiger partial charge is 0.289 e. The van der Waals surface area contributed by atoms with Gasteiger partial charge in [0.25, 0.3) is 11.8 Å². The van der Waals surface area contributed by atoms with E-state index >= 15 is 0 Å². The molecule has 26 heavy (non-hydrogen) atoms. The third-order valence-electron chi connectivity index (χ3n) is 4.37. The van der Waals surface area contributed by atoms with Gasteiger partial charge in [0.05, 0.1) is 12.4 Å². The van der Waals surface area contributed by atoms with E-state index in [1.54, 1.807) is 28.0 Å². The zero-order valence-electron chi connectivity index (χ0n) is 15.4. The van der Waals surface area contributed by atoms with Crippen LogP contribution in [0.1, 0.15) is 40.3 Å². The van der Waals surface area contributed by atoms with E-state index < -0.39 is 0 Å². The minimum atomic E-state index is -0.131. The Kier molecular flexibility index (Phi) is 5.30. The van der Waals surface area contributed by atoms with Gasteiger partial charge in [-0.25, -0.2) is 0 Å². The number of rotatable bonds is 4. The maximum Gasteiger partial charge on any atom is 0.289 e. The lowest BCUT2D eigenvalue weighted by atomic mass is 10.1. The van der Waals surface area contributed by atoms with Crippen molar-refractivity contribution in [2.45, 2.75) is 26.9 Å². The van der Waals surface area contributed by atoms with Gasteiger partial charge in [-0.1, -0.05) is 0 Å². The van der Waals surface area contributed by atoms with Crippen molar-refractivity contribution < 1.29 is 18.7 Å². The SMILES string of the molecule is Cc1cc(C(=O)N2CCN(C(=O)c3ccco3)CC2)ccc1OC(C)C. The molecule has 1 aromatic heterocycles. The average molecular weight is 356 g/mol. The largest absolute Gasteiger partial charge is 0.491 e. The molecule has 1 saturated heterocycles. The Balaban J connectivity index is 1.61. The summed E-state index contributed by atoms with van der Waals surface area (Å²) in [5.74, 6) is 0.981. The van der Waals surface area contributed by atoms with Crippen LogP contribution in [0.5, 0.6) is 5.75 Å². The van der Waals surface area contributed by atoms with E-state index in [4.69, 9.17) is 9.15 Å². The zero-order valence-corrected chi connectivity index (χ0v) is 15.4. The summed E-state index contributed by atoms with van der Waals surface area (Å²) in [6, 6.07) is 8.86. The van der Waals surface area contributed by atoms with E-state index in [1.807, 2.05) is 32.9 Å². The predicted octanol–water partition coefficient (Wildman–Crippen LogP) is 2.97. The first-order valence-electron chi connectivity index (χ1n) is 8.85. The van der Waals surface area contributed by atoms with Crippen molar-refractivity contribution in [1.29, 1.82) is 0 Å². The standard InChI is InChI=1S/C20H24N2O4/c1-14(2)26-17-7-6-16(13-15(17)3)19(23)21-8-10-22(11-9-21)20(24)18-5-4-12-25-18/h4-7,12-14H,8-11H2,1-3H3. The Hall–Kier alpha value is -2.76. The van der Waals surface area contributed by atoms with E-state index in [2.05, 4.69) is 0 Å². The Morgan fingerprint density at radius 3 is 2.23 bits per heavy atom. The molecule has 6 nitrogen and oxygen atoms in total. The van der Waals surface area contributed by atoms with Crippen molar-refractivity contribution in [2.75, 3.05) is 26.2 Å². The van der Waals surface area contributed by atoms with Crippen molar-refractivity contribution >= 4 is 11.8 Å². The average Bonchev–Trinajstić information content (AvgIpc) is 3.16. The number of carbonyl (C=O) groups excluding carboxylic acids is 2. The molecular weight excluding hydrogens is 332 g/mol. The summed E-state index contributed by atoms with van der Waals surface area (Å²) in [5.41, 5.74) is 1.58. The molecule has 0 N–H and O–H groups in total. The number of aryl methyl sites for hydroxylation is 1. The molecule has 0 atom stereocenters. The highest BCUT2D eigenvalue weighted by Crippen LogP contribution is 2.22. The lowest BCUT2D eigenvalue weighted by Gasteiger charge is -2.34. The number of piperazine rings is 1. The minimum absolute atomic E-state index is 0.0192. The third-order valence-corrected chi connectivity index (χ3v) is 4.37. The zero-order chi connectivity index (χ0) is 18.7. The predicted molar refractivity (Wildman–Crippen MR) is 97.5 cm³/mol. The second-order valence-electron chi connectivity index (χ2n) is 6.71. The maximum atomic E-state index is 12.8. The molecule has 0 radical (unpaired) electrons. The van der Waals surface area contributed by atoms with Crippen LogP contribution in [-0.4, -0.2) is 53.9 Å². The first-order chi connectivity index (χ1) is 12.5. The fourth-order valence-corrected chi connectivity index (χ4v) is 3.02. The molecule has 6 heteroatoms. The van der Waals surface area contributed by atoms with Crippen molar-refractivity contribution in [3.8, 4) is 5.75 Å². The Labute approximate surface area is 153 Å². The van der Waals surface area contributed by atoms with Gasteiger partial charge in [0.2, 0.25) is 0 Å². The van der Waals surface area contributed by atoms with Crippen molar-refractivity contribution in [3.05, 3.63) is 53.5 Å². The first-order valence-corrected chi connectivity index (χ1v) is 8.85. The molecule has 0 unspecified atom stereocenters. The number of amides is 2. The van der Waals surface area contributed by atoms with Crippen LogP contribution >= 0.6 is 0 Å². The van der Waals surface area contributed by atoms with E-state index in [0.717, 1.165) is 11.3 Å². The van der Waals surface area contributed by atoms with Gasteiger partial charge < -0.3 is 19.0 Å². The highest BCUT2D eigenvalue weighted by Gasteiger charge is 2.26. The molecule has 1 aliphatic heterocycles. The molecular formula is C20H24N2O4. The lowest BCUT2D eigenvalue weighted by Crippen LogP contribution is -2.50. The summed E-state index contributed by atoms with van der Waals surface area (Å²) in [7, 11) is 0. The Morgan fingerprint density at radius 2 is 1.69 bits per heavy atom. The van der Waals surface area contributed by atoms with E-state index in [-0.39, 0.29) is 17.9 Å². The van der Waals surface area contributed by atoms with Crippen LogP contribution in [0.2, 0.25) is 0 Å². The number of carbonyl (C=O) groups is 2. The second kappa shape index (κ2) is 7.64. The number of ether oxygens (including phenoxy) is 1. The van der Waals surface area contributed by atoms with Crippen LogP contribution in [0.3, 0.4) is 0 Å². The van der Waals surface area contributed by atoms with E-state index in [9.17, 15) is 9.59 Å². The number of benzene rings is 1. The van der Waals surface area contributed by atoms with Crippen molar-refractivity contribution in [2.24, 2.45) is 0 Å². The van der Waals surface area contributed by atoms with Gasteiger partial charge >= 0.3 is 0 Å². The van der Waals surface area contributed by atoms with Gasteiger partial charge in [-0.15, -0.1) is 0 Å². The van der Waals surface area contributed by atoms with Gasteiger partial charge in [-0.3, -0.25) is 9.59 Å². The Bertz CT molecular complexity index is 775. The molecule has 1 fully saturated rings. The molecule has 2 heterocycles. The topological polar surface area (TPSA) is 63.0 Å². The summed E-state index contributed by atoms with van der Waals surface area (Å²) in [5, 5.41) is 0. The van der Waals surface area contributed by atoms with Crippen LogP contribution in [0.25, 0.3) is 0 Å². The van der Waals surface area contributed by atoms with Crippen LogP contribution in [0.15, 0.2) is 41.0 Å². The number of furan rings is 1. The molecule has 0 aliphatic carbocycles. The lowest BCUT2D eigenvalue weighted by molar-refractivity contribution is 0.0518. The van der Waals surface area contributed by atoms with Crippen LogP contribution in [0, 0.1) is 6.92 Å². The molecule has 3 rings (SSSR count). The minimum Gasteiger partial charge on any atom is -0.491 e. The normalized spacial score (nSPS) is 14.6. The first kappa shape index (κ1) is 18.0. The van der Waals surface area contributed by atoms with Crippen LogP contribution in [0.4, 0.5) is 0 Å². The highest BCUT2D eigenvalue weighted by molar-refractivity contribution is 5.95. The van der Waals surface area contributed by atoms with E-state index in [0.29, 0.717) is 37.5 Å². The third kappa shape index (κ3) is 3.90. The molecule has 138 valence electrons. The number of hydrogen-bond donors (Lipinski definition) is 0. The second-order valence-corrected chi connectivity index (χ2v) is 6.71. The molecule has 0 bridgehead atoms. The molecule has 1 aromatic carbocycles. The van der Waals surface area contributed by atoms with Crippen LogP contribution < -0.4 is 4.74 Å². The fourth-order valence-electron chi connectivity index (χ4n) is 3.02. The van der Waals surface area contributed by atoms with Crippen molar-refractivity contribution in [1.82, 2.24) is 9.80 Å². The van der Waals surface area contributed by atoms with Crippen LogP contribution in [-0.2, 0) is 0 Å². The van der Waals surface area contributed by atoms with Gasteiger partial charge in [0.15, 0.2) is 5.76 Å². The number of hydrogen-bond acceptors (Lipinski definition) is 4. The quantitative estimate of drug-likeness (QED) is 0.845. The summed E-state index contributed by atoms with van der Waals surface area (Å²) < 4.78 is 10.9. The fraction of sp³-hybridized carbons (Fsp3) is 0.400. The molecule has 2 amide bonds. The van der Waals surface area contributed by atoms with Gasteiger partial charge in [-0.2, -0.15) is 0 Å². The monoisotopic (exact) mass is 356 g/mol. The maximum absolute atomic E-state index is 12.8. The van der Waals surface area contributed by atoms with E-state index in [1.165, 1.54) is 6.26 Å². The molecule has 2 aromatic rings.